The van der Waals surface area contributed by atoms with Crippen LogP contribution >= 0.6 is 0 Å². The van der Waals surface area contributed by atoms with E-state index in [2.05, 4.69) is 204 Å². The van der Waals surface area contributed by atoms with Gasteiger partial charge in [0.05, 0.1) is 22.1 Å². The summed E-state index contributed by atoms with van der Waals surface area (Å²) in [5.41, 5.74) is 11.8. The van der Waals surface area contributed by atoms with Crippen molar-refractivity contribution in [2.75, 3.05) is 10.6 Å². The van der Waals surface area contributed by atoms with Crippen molar-refractivity contribution in [3.63, 3.8) is 0 Å². The first-order valence-electron chi connectivity index (χ1n) is 23.1. The zero-order chi connectivity index (χ0) is 47.9. The molecular weight excluding hydrogens is 940 g/mol. The summed E-state index contributed by atoms with van der Waals surface area (Å²) in [6.45, 7) is 8.94. The largest absolute Gasteiger partial charge is 0.326 e. The van der Waals surface area contributed by atoms with E-state index in [0.29, 0.717) is 11.4 Å². The van der Waals surface area contributed by atoms with Gasteiger partial charge in [0, 0.05) is 44.3 Å². The van der Waals surface area contributed by atoms with Crippen LogP contribution in [-0.4, -0.2) is 26.4 Å². The normalized spacial score (nSPS) is 10.9. The van der Waals surface area contributed by atoms with Crippen LogP contribution in [0.4, 0.5) is 11.4 Å². The van der Waals surface area contributed by atoms with Gasteiger partial charge in [0.2, 0.25) is 11.8 Å². The van der Waals surface area contributed by atoms with Crippen molar-refractivity contribution in [2.45, 2.75) is 33.4 Å². The van der Waals surface area contributed by atoms with Crippen molar-refractivity contribution in [1.29, 1.82) is 0 Å². The number of amides is 2. The van der Waals surface area contributed by atoms with Crippen LogP contribution in [-0.2, 0) is 32.9 Å². The molecule has 2 amide bonds. The Morgan fingerprint density at radius 1 is 0.435 bits per heavy atom. The van der Waals surface area contributed by atoms with Crippen LogP contribution in [0, 0.1) is 13.8 Å². The van der Waals surface area contributed by atoms with Gasteiger partial charge >= 0.3 is 41.9 Å². The molecule has 12 rings (SSSR count). The molecule has 69 heavy (non-hydrogen) atoms. The van der Waals surface area contributed by atoms with Crippen molar-refractivity contribution < 1.29 is 32.9 Å². The fraction of sp³-hybridized carbons (Fsp3) is 0.0820. The molecule has 10 aromatic carbocycles. The van der Waals surface area contributed by atoms with Crippen LogP contribution in [0.25, 0.3) is 76.5 Å². The van der Waals surface area contributed by atoms with Gasteiger partial charge in [0.1, 0.15) is 6.42 Å². The Morgan fingerprint density at radius 2 is 0.739 bits per heavy atom. The SMILES string of the molecule is C[Si](C)=[Zr+2].Cc1cc2c(-n3c4ccccc4c4ccccc43)cccc2[cH-]1.Cc1cc2c(-n3c4ccccc4c4ccccc43)cccc2[cH-]1.O=C(CC(=O)Nc1ccccc1)Nc1ccccc1. The first-order valence-corrected chi connectivity index (χ1v) is 29.3. The number of hydrogen-bond acceptors (Lipinski definition) is 2. The van der Waals surface area contributed by atoms with E-state index in [9.17, 15) is 9.59 Å². The number of nitrogens with one attached hydrogen (secondary N) is 2. The van der Waals surface area contributed by atoms with Crippen molar-refractivity contribution in [3.8, 4) is 11.4 Å². The van der Waals surface area contributed by atoms with Crippen molar-refractivity contribution in [2.24, 2.45) is 0 Å². The van der Waals surface area contributed by atoms with Crippen LogP contribution in [0.15, 0.2) is 218 Å². The molecule has 6 nitrogen and oxygen atoms in total. The number of hydrogen-bond donors (Lipinski definition) is 2. The van der Waals surface area contributed by atoms with Crippen molar-refractivity contribution in [3.05, 3.63) is 230 Å². The quantitative estimate of drug-likeness (QED) is 0.0990. The van der Waals surface area contributed by atoms with E-state index >= 15 is 0 Å². The van der Waals surface area contributed by atoms with Crippen LogP contribution in [0.2, 0.25) is 13.1 Å². The maximum absolute atomic E-state index is 11.6. The molecule has 0 radical (unpaired) electrons. The van der Waals surface area contributed by atoms with E-state index in [-0.39, 0.29) is 23.7 Å². The molecule has 0 bridgehead atoms. The molecule has 12 aromatic rings. The number of aromatic nitrogens is 2. The third kappa shape index (κ3) is 10.5. The number of fused-ring (bicyclic) bond motifs is 8. The second-order valence-corrected chi connectivity index (χ2v) is 26.7. The number of benzene rings is 8. The van der Waals surface area contributed by atoms with E-state index in [1.54, 1.807) is 47.6 Å². The predicted molar refractivity (Wildman–Crippen MR) is 289 cm³/mol. The van der Waals surface area contributed by atoms with Gasteiger partial charge in [-0.15, -0.1) is 69.1 Å². The third-order valence-electron chi connectivity index (χ3n) is 11.8. The molecule has 0 aliphatic carbocycles. The second kappa shape index (κ2) is 21.3. The molecule has 0 fully saturated rings. The van der Waals surface area contributed by atoms with Gasteiger partial charge in [-0.1, -0.05) is 135 Å². The summed E-state index contributed by atoms with van der Waals surface area (Å²) >= 11 is 1.74. The Hall–Kier alpha value is -7.38. The standard InChI is InChI=1S/2C22H16N.C15H14N2O2.C2H6Si.Zr/c2*1-15-13-16-7-6-12-22(19(16)14-15)23-20-10-4-2-8-17(20)18-9-3-5-11-21(18)23;18-14(16-12-7-3-1-4-8-12)11-15(19)17-13-9-5-2-6-10-13;1-3-2;/h2*2-14H,1H3;1-10H,11H2,(H,16,18)(H,17,19);1-2H3;/q2*-1;;;+2. The average Bonchev–Trinajstić information content (AvgIpc) is 4.12. The maximum Gasteiger partial charge on any atom is 0.233 e. The van der Waals surface area contributed by atoms with Crippen LogP contribution in [0.1, 0.15) is 17.5 Å². The van der Waals surface area contributed by atoms with Gasteiger partial charge in [0.15, 0.2) is 0 Å². The molecule has 336 valence electrons. The molecule has 0 unspecified atom stereocenters. The Balaban J connectivity index is 0.000000125. The zero-order valence-corrected chi connectivity index (χ0v) is 42.7. The number of carbonyl (C=O) groups is 2. The fourth-order valence-corrected chi connectivity index (χ4v) is 9.09. The number of rotatable bonds is 6. The summed E-state index contributed by atoms with van der Waals surface area (Å²) in [5, 5.41) is 15.8. The maximum atomic E-state index is 11.6. The first-order chi connectivity index (χ1) is 33.6. The Labute approximate surface area is 417 Å². The predicted octanol–water partition coefficient (Wildman–Crippen LogP) is 15.4. The topological polar surface area (TPSA) is 68.1 Å². The molecule has 0 aliphatic rings. The minimum absolute atomic E-state index is 0.205. The summed E-state index contributed by atoms with van der Waals surface area (Å²) in [7, 11) is 0. The second-order valence-electron chi connectivity index (χ2n) is 17.4. The number of carbonyl (C=O) groups excluding carboxylic acids is 2. The van der Waals surface area contributed by atoms with E-state index in [0.717, 1.165) is 0 Å². The van der Waals surface area contributed by atoms with Crippen LogP contribution < -0.4 is 10.6 Å². The number of para-hydroxylation sites is 6. The summed E-state index contributed by atoms with van der Waals surface area (Å²) in [4.78, 5) is 23.3. The van der Waals surface area contributed by atoms with Gasteiger partial charge in [-0.2, -0.15) is 12.1 Å². The summed E-state index contributed by atoms with van der Waals surface area (Å²) in [6.07, 6.45) is -0.205. The minimum Gasteiger partial charge on any atom is -0.326 e. The monoisotopic (exact) mass is 990 g/mol. The van der Waals surface area contributed by atoms with Gasteiger partial charge in [-0.3, -0.25) is 9.59 Å². The molecule has 0 saturated heterocycles. The van der Waals surface area contributed by atoms with E-state index < -0.39 is 0 Å². The molecule has 0 aliphatic heterocycles. The first kappa shape index (κ1) is 46.7. The van der Waals surface area contributed by atoms with Crippen LogP contribution in [0.5, 0.6) is 0 Å². The molecule has 0 saturated carbocycles. The summed E-state index contributed by atoms with van der Waals surface area (Å²) in [5.74, 6) is -0.667. The molecule has 0 atom stereocenters. The average molecular weight is 992 g/mol. The molecule has 2 N–H and O–H groups in total. The van der Waals surface area contributed by atoms with Gasteiger partial charge < -0.3 is 19.8 Å². The zero-order valence-electron chi connectivity index (χ0n) is 39.2. The number of anilines is 2. The number of nitrogens with zero attached hydrogens (tertiary/aromatic N) is 2. The van der Waals surface area contributed by atoms with Gasteiger partial charge in [-0.05, 0) is 48.5 Å². The van der Waals surface area contributed by atoms with Crippen molar-refractivity contribution >= 4 is 93.8 Å². The molecule has 2 heterocycles. The Morgan fingerprint density at radius 3 is 1.07 bits per heavy atom. The summed E-state index contributed by atoms with van der Waals surface area (Å²) < 4.78 is 4.79. The minimum atomic E-state index is -0.334. The van der Waals surface area contributed by atoms with E-state index in [4.69, 9.17) is 0 Å². The smallest absolute Gasteiger partial charge is 0.233 e. The van der Waals surface area contributed by atoms with Gasteiger partial charge in [0.25, 0.3) is 0 Å². The van der Waals surface area contributed by atoms with Crippen molar-refractivity contribution in [1.82, 2.24) is 9.13 Å². The molecule has 2 aromatic heterocycles. The third-order valence-corrected chi connectivity index (χ3v) is 11.8. The fourth-order valence-electron chi connectivity index (χ4n) is 9.09. The number of aryl methyl sites for hydroxylation is 2. The molecule has 0 spiro atoms. The molecular formula is C61H52N4O2SiZr. The van der Waals surface area contributed by atoms with Crippen LogP contribution in [0.3, 0.4) is 0 Å². The van der Waals surface area contributed by atoms with E-state index in [1.165, 1.54) is 87.7 Å². The van der Waals surface area contributed by atoms with E-state index in [1.807, 2.05) is 36.4 Å². The molecule has 8 heteroatoms. The Bertz CT molecular complexity index is 3420. The van der Waals surface area contributed by atoms with Gasteiger partial charge in [-0.25, -0.2) is 0 Å². The summed E-state index contributed by atoms with van der Waals surface area (Å²) in [6, 6.07) is 75.0. The Kier molecular flexibility index (Phi) is 14.4.